The number of ether oxygens (including phenoxy) is 2. The van der Waals surface area contributed by atoms with Crippen LogP contribution in [0.1, 0.15) is 27.7 Å². The molecule has 4 N–H and O–H groups in total. The van der Waals surface area contributed by atoms with E-state index in [1.807, 2.05) is 0 Å². The Morgan fingerprint density at radius 2 is 1.19 bits per heavy atom. The number of nitrogens with two attached hydrogens (primary N) is 2. The van der Waals surface area contributed by atoms with Gasteiger partial charge >= 0.3 is 18.1 Å². The third-order valence-corrected chi connectivity index (χ3v) is 2.66. The zero-order chi connectivity index (χ0) is 17.3. The van der Waals surface area contributed by atoms with Gasteiger partial charge in [-0.1, -0.05) is 0 Å². The van der Waals surface area contributed by atoms with Gasteiger partial charge in [-0.15, -0.1) is 0 Å². The van der Waals surface area contributed by atoms with Gasteiger partial charge in [-0.25, -0.2) is 0 Å². The molecule has 0 fully saturated rings. The van der Waals surface area contributed by atoms with Gasteiger partial charge in [0, 0.05) is 6.54 Å². The van der Waals surface area contributed by atoms with E-state index in [4.69, 9.17) is 5.73 Å². The Kier molecular flexibility index (Phi) is 5.74. The summed E-state index contributed by atoms with van der Waals surface area (Å²) in [5.74, 6) is -5.06. The van der Waals surface area contributed by atoms with Crippen molar-refractivity contribution in [2.75, 3.05) is 13.1 Å². The third kappa shape index (κ3) is 4.70. The second-order valence-corrected chi connectivity index (χ2v) is 5.61. The van der Waals surface area contributed by atoms with Crippen molar-refractivity contribution in [3.05, 3.63) is 0 Å². The lowest BCUT2D eigenvalue weighted by molar-refractivity contribution is -0.430. The summed E-state index contributed by atoms with van der Waals surface area (Å²) in [6.07, 6.45) is -9.27. The Balaban J connectivity index is 5.42. The molecule has 0 heterocycles. The fraction of sp³-hybridized carbons (Fsp3) is 1.00. The van der Waals surface area contributed by atoms with E-state index in [2.05, 4.69) is 15.2 Å². The summed E-state index contributed by atoms with van der Waals surface area (Å²) in [5.41, 5.74) is 4.71. The minimum atomic E-state index is -5.08. The summed E-state index contributed by atoms with van der Waals surface area (Å²) in [5, 5.41) is 0. The van der Waals surface area contributed by atoms with Crippen LogP contribution in [0, 0.1) is 0 Å². The van der Waals surface area contributed by atoms with Crippen LogP contribution in [0.2, 0.25) is 0 Å². The summed E-state index contributed by atoms with van der Waals surface area (Å²) in [7, 11) is 0. The lowest BCUT2D eigenvalue weighted by atomic mass is 9.98. The highest BCUT2D eigenvalue weighted by atomic mass is 19.3. The van der Waals surface area contributed by atoms with Gasteiger partial charge in [0.15, 0.2) is 0 Å². The van der Waals surface area contributed by atoms with E-state index in [1.165, 1.54) is 0 Å². The van der Waals surface area contributed by atoms with E-state index in [-0.39, 0.29) is 0 Å². The van der Waals surface area contributed by atoms with Crippen molar-refractivity contribution in [3.63, 3.8) is 0 Å². The second kappa shape index (κ2) is 5.90. The Labute approximate surface area is 118 Å². The molecule has 0 spiro atoms. The second-order valence-electron chi connectivity index (χ2n) is 5.61. The van der Waals surface area contributed by atoms with Crippen LogP contribution in [0.5, 0.6) is 0 Å². The fourth-order valence-electron chi connectivity index (χ4n) is 1.28. The van der Waals surface area contributed by atoms with Crippen molar-refractivity contribution < 1.29 is 35.8 Å². The van der Waals surface area contributed by atoms with Crippen molar-refractivity contribution in [3.8, 4) is 0 Å². The molecule has 0 aromatic carbocycles. The van der Waals surface area contributed by atoms with Crippen LogP contribution in [0.25, 0.3) is 0 Å². The number of hydrogen-bond acceptors (Lipinski definition) is 4. The minimum Gasteiger partial charge on any atom is -0.328 e. The average molecular weight is 326 g/mol. The molecule has 0 radical (unpaired) electrons. The molecular weight excluding hydrogens is 306 g/mol. The summed E-state index contributed by atoms with van der Waals surface area (Å²) in [6.45, 7) is 0.970. The molecule has 0 bridgehead atoms. The van der Waals surface area contributed by atoms with Gasteiger partial charge in [-0.3, -0.25) is 0 Å². The Morgan fingerprint density at radius 3 is 1.52 bits per heavy atom. The summed E-state index contributed by atoms with van der Waals surface area (Å²) in [6, 6.07) is 0. The van der Waals surface area contributed by atoms with Crippen LogP contribution < -0.4 is 11.5 Å². The van der Waals surface area contributed by atoms with Gasteiger partial charge in [0.05, 0.1) is 12.1 Å². The minimum absolute atomic E-state index is 0.392. The predicted octanol–water partition coefficient (Wildman–Crippen LogP) is 2.32. The van der Waals surface area contributed by atoms with E-state index < -0.39 is 42.4 Å². The molecule has 0 aliphatic carbocycles. The van der Waals surface area contributed by atoms with Crippen LogP contribution in [-0.2, 0) is 9.47 Å². The van der Waals surface area contributed by atoms with Crippen molar-refractivity contribution in [1.29, 1.82) is 0 Å². The molecule has 0 aromatic heterocycles. The first-order valence-electron chi connectivity index (χ1n) is 5.97. The first-order chi connectivity index (χ1) is 9.04. The molecule has 0 aliphatic heterocycles. The number of hydrogen-bond donors (Lipinski definition) is 2. The van der Waals surface area contributed by atoms with Crippen LogP contribution in [0.3, 0.4) is 0 Å². The molecule has 21 heavy (non-hydrogen) atoms. The summed E-state index contributed by atoms with van der Waals surface area (Å²) < 4.78 is 88.9. The highest BCUT2D eigenvalue weighted by Crippen LogP contribution is 2.47. The summed E-state index contributed by atoms with van der Waals surface area (Å²) >= 11 is 0. The quantitative estimate of drug-likeness (QED) is 0.672. The van der Waals surface area contributed by atoms with Gasteiger partial charge in [0.2, 0.25) is 0 Å². The van der Waals surface area contributed by atoms with E-state index >= 15 is 0 Å². The van der Waals surface area contributed by atoms with Crippen molar-refractivity contribution in [1.82, 2.24) is 0 Å². The number of rotatable bonds is 8. The fourth-order valence-corrected chi connectivity index (χ4v) is 1.28. The van der Waals surface area contributed by atoms with Crippen LogP contribution >= 0.6 is 0 Å². The lowest BCUT2D eigenvalue weighted by Crippen LogP contribution is -2.62. The average Bonchev–Trinajstić information content (AvgIpc) is 2.26. The van der Waals surface area contributed by atoms with Crippen LogP contribution in [0.4, 0.5) is 26.3 Å². The number of halogens is 6. The third-order valence-electron chi connectivity index (χ3n) is 2.66. The predicted molar refractivity (Wildman–Crippen MR) is 63.3 cm³/mol. The molecule has 0 rings (SSSR count). The highest BCUT2D eigenvalue weighted by molar-refractivity contribution is 4.96. The molecular formula is C11H20F6N2O2. The van der Waals surface area contributed by atoms with Crippen molar-refractivity contribution in [2.24, 2.45) is 11.5 Å². The molecule has 0 atom stereocenters. The molecule has 0 saturated carbocycles. The first kappa shape index (κ1) is 20.4. The molecule has 0 saturated heterocycles. The monoisotopic (exact) mass is 326 g/mol. The van der Waals surface area contributed by atoms with Crippen LogP contribution in [-0.4, -0.2) is 42.4 Å². The maximum absolute atomic E-state index is 13.9. The molecule has 0 unspecified atom stereocenters. The Bertz CT molecular complexity index is 329. The van der Waals surface area contributed by atoms with Crippen molar-refractivity contribution in [2.45, 2.75) is 57.0 Å². The standard InChI is InChI=1S/C11H20F6N2O2/c1-7(2,5-18)20-11(16,17)10(14,15)8(3,4)21-9(12,13)6-19/h5-6,18-19H2,1-4H3. The van der Waals surface area contributed by atoms with Gasteiger partial charge in [-0.2, -0.15) is 26.3 Å². The van der Waals surface area contributed by atoms with Gasteiger partial charge < -0.3 is 20.9 Å². The van der Waals surface area contributed by atoms with E-state index in [0.29, 0.717) is 13.8 Å². The SMILES string of the molecule is CC(C)(CN)OC(F)(F)C(F)(F)C(C)(C)OC(F)(F)CN. The van der Waals surface area contributed by atoms with Gasteiger partial charge in [0.25, 0.3) is 0 Å². The molecule has 0 aromatic rings. The summed E-state index contributed by atoms with van der Waals surface area (Å²) in [4.78, 5) is 0. The molecule has 0 aliphatic rings. The maximum Gasteiger partial charge on any atom is 0.422 e. The van der Waals surface area contributed by atoms with Gasteiger partial charge in [0.1, 0.15) is 5.60 Å². The lowest BCUT2D eigenvalue weighted by Gasteiger charge is -2.41. The van der Waals surface area contributed by atoms with E-state index in [9.17, 15) is 26.3 Å². The topological polar surface area (TPSA) is 70.5 Å². The van der Waals surface area contributed by atoms with Gasteiger partial charge in [-0.05, 0) is 27.7 Å². The van der Waals surface area contributed by atoms with Crippen molar-refractivity contribution >= 4 is 0 Å². The highest BCUT2D eigenvalue weighted by Gasteiger charge is 2.70. The normalized spacial score (nSPS) is 15.4. The zero-order valence-electron chi connectivity index (χ0n) is 12.2. The molecule has 0 amide bonds. The zero-order valence-corrected chi connectivity index (χ0v) is 12.2. The van der Waals surface area contributed by atoms with E-state index in [1.54, 1.807) is 0 Å². The molecule has 10 heteroatoms. The Hall–Kier alpha value is -0.580. The molecule has 4 nitrogen and oxygen atoms in total. The first-order valence-corrected chi connectivity index (χ1v) is 5.97. The maximum atomic E-state index is 13.9. The number of alkyl halides is 6. The smallest absolute Gasteiger partial charge is 0.328 e. The van der Waals surface area contributed by atoms with Crippen LogP contribution in [0.15, 0.2) is 0 Å². The molecule has 128 valence electrons. The van der Waals surface area contributed by atoms with E-state index in [0.717, 1.165) is 13.8 Å². The Morgan fingerprint density at radius 1 is 0.762 bits per heavy atom. The largest absolute Gasteiger partial charge is 0.422 e.